The maximum atomic E-state index is 10.9. The summed E-state index contributed by atoms with van der Waals surface area (Å²) in [5.41, 5.74) is 6.00. The molecule has 0 aromatic carbocycles. The van der Waals surface area contributed by atoms with Crippen LogP contribution in [0.4, 0.5) is 0 Å². The Balaban J connectivity index is 2.47. The van der Waals surface area contributed by atoms with Crippen molar-refractivity contribution >= 4 is 16.9 Å². The topological polar surface area (TPSA) is 89.4 Å². The Kier molecular flexibility index (Phi) is 2.39. The molecule has 0 spiro atoms. The van der Waals surface area contributed by atoms with Crippen molar-refractivity contribution in [2.45, 2.75) is 5.92 Å². The Morgan fingerprint density at radius 1 is 1.67 bits per heavy atom. The van der Waals surface area contributed by atoms with Crippen LogP contribution < -0.4 is 5.73 Å². The number of fused-ring (bicyclic) bond motifs is 1. The lowest BCUT2D eigenvalue weighted by Crippen LogP contribution is -2.20. The van der Waals surface area contributed by atoms with Crippen LogP contribution in [0.2, 0.25) is 0 Å². The molecule has 1 atom stereocenters. The number of aliphatic carboxylic acids is 1. The lowest BCUT2D eigenvalue weighted by atomic mass is 10.1. The fourth-order valence-electron chi connectivity index (χ4n) is 1.42. The van der Waals surface area contributed by atoms with E-state index in [2.05, 4.69) is 4.98 Å². The van der Waals surface area contributed by atoms with Crippen molar-refractivity contribution in [2.24, 2.45) is 5.73 Å². The van der Waals surface area contributed by atoms with Gasteiger partial charge < -0.3 is 15.3 Å². The zero-order chi connectivity index (χ0) is 10.8. The van der Waals surface area contributed by atoms with Crippen LogP contribution in [-0.2, 0) is 4.79 Å². The van der Waals surface area contributed by atoms with Gasteiger partial charge in [-0.2, -0.15) is 0 Å². The summed E-state index contributed by atoms with van der Waals surface area (Å²) in [6.07, 6.45) is 3.21. The number of carboxylic acids is 1. The minimum absolute atomic E-state index is 0.0165. The molecule has 2 heterocycles. The number of carboxylic acid groups (broad SMARTS) is 1. The fourth-order valence-corrected chi connectivity index (χ4v) is 1.42. The molecule has 0 fully saturated rings. The van der Waals surface area contributed by atoms with E-state index in [1.165, 1.54) is 0 Å². The third kappa shape index (κ3) is 1.69. The Bertz CT molecular complexity index is 459. The van der Waals surface area contributed by atoms with Crippen LogP contribution in [0.15, 0.2) is 28.9 Å². The predicted octanol–water partition coefficient (Wildman–Crippen LogP) is 0.955. The third-order valence-electron chi connectivity index (χ3n) is 2.21. The predicted molar refractivity (Wildman–Crippen MR) is 53.4 cm³/mol. The molecule has 2 aromatic heterocycles. The molecule has 15 heavy (non-hydrogen) atoms. The largest absolute Gasteiger partial charge is 0.481 e. The number of hydrogen-bond acceptors (Lipinski definition) is 4. The van der Waals surface area contributed by atoms with E-state index < -0.39 is 11.9 Å². The molecule has 3 N–H and O–H groups in total. The van der Waals surface area contributed by atoms with Gasteiger partial charge in [0.1, 0.15) is 17.3 Å². The maximum absolute atomic E-state index is 10.9. The van der Waals surface area contributed by atoms with E-state index in [4.69, 9.17) is 15.3 Å². The summed E-state index contributed by atoms with van der Waals surface area (Å²) in [6.45, 7) is 0.0165. The van der Waals surface area contributed by atoms with Gasteiger partial charge in [0.2, 0.25) is 0 Å². The highest BCUT2D eigenvalue weighted by molar-refractivity contribution is 5.81. The van der Waals surface area contributed by atoms with E-state index in [9.17, 15) is 4.79 Å². The highest BCUT2D eigenvalue weighted by atomic mass is 16.4. The van der Waals surface area contributed by atoms with Crippen LogP contribution in [-0.4, -0.2) is 22.6 Å². The van der Waals surface area contributed by atoms with Crippen molar-refractivity contribution in [3.63, 3.8) is 0 Å². The van der Waals surface area contributed by atoms with Crippen molar-refractivity contribution in [2.75, 3.05) is 6.54 Å². The molecule has 5 nitrogen and oxygen atoms in total. The summed E-state index contributed by atoms with van der Waals surface area (Å²) < 4.78 is 5.38. The molecule has 0 radical (unpaired) electrons. The van der Waals surface area contributed by atoms with Crippen LogP contribution in [0.25, 0.3) is 11.0 Å². The number of pyridine rings is 1. The molecule has 0 aliphatic heterocycles. The summed E-state index contributed by atoms with van der Waals surface area (Å²) in [4.78, 5) is 14.8. The van der Waals surface area contributed by atoms with Crippen molar-refractivity contribution in [3.05, 3.63) is 30.3 Å². The molecular weight excluding hydrogens is 196 g/mol. The van der Waals surface area contributed by atoms with Crippen LogP contribution >= 0.6 is 0 Å². The Morgan fingerprint density at radius 2 is 2.47 bits per heavy atom. The van der Waals surface area contributed by atoms with Crippen LogP contribution in [0.3, 0.4) is 0 Å². The zero-order valence-corrected chi connectivity index (χ0v) is 7.88. The first-order valence-corrected chi connectivity index (χ1v) is 4.48. The average Bonchev–Trinajstić information content (AvgIpc) is 2.61. The molecule has 0 saturated heterocycles. The fraction of sp³-hybridized carbons (Fsp3) is 0.200. The molecule has 0 aliphatic rings. The number of aromatic nitrogens is 1. The van der Waals surface area contributed by atoms with E-state index in [-0.39, 0.29) is 6.54 Å². The van der Waals surface area contributed by atoms with Crippen molar-refractivity contribution in [1.82, 2.24) is 4.98 Å². The zero-order valence-electron chi connectivity index (χ0n) is 7.88. The quantitative estimate of drug-likeness (QED) is 0.780. The highest BCUT2D eigenvalue weighted by Crippen LogP contribution is 2.23. The second-order valence-electron chi connectivity index (χ2n) is 3.19. The summed E-state index contributed by atoms with van der Waals surface area (Å²) in [7, 11) is 0. The minimum atomic E-state index is -0.982. The first kappa shape index (κ1) is 9.67. The van der Waals surface area contributed by atoms with E-state index in [0.29, 0.717) is 11.3 Å². The molecule has 0 bridgehead atoms. The molecule has 2 aromatic rings. The van der Waals surface area contributed by atoms with Gasteiger partial charge in [0.25, 0.3) is 0 Å². The highest BCUT2D eigenvalue weighted by Gasteiger charge is 2.21. The van der Waals surface area contributed by atoms with Gasteiger partial charge >= 0.3 is 5.97 Å². The first-order chi connectivity index (χ1) is 7.22. The number of nitrogens with zero attached hydrogens (tertiary/aromatic N) is 1. The molecule has 1 unspecified atom stereocenters. The standard InChI is InChI=1S/C10H10N2O3/c11-4-7(10(13)14)9-3-6-5-12-2-1-8(6)15-9/h1-3,5,7H,4,11H2,(H,13,14). The Hall–Kier alpha value is -1.88. The minimum Gasteiger partial charge on any atom is -0.481 e. The molecule has 78 valence electrons. The van der Waals surface area contributed by atoms with Gasteiger partial charge in [-0.3, -0.25) is 9.78 Å². The number of rotatable bonds is 3. The van der Waals surface area contributed by atoms with Crippen LogP contribution in [0, 0.1) is 0 Å². The van der Waals surface area contributed by atoms with E-state index in [1.54, 1.807) is 24.5 Å². The molecular formula is C10H10N2O3. The number of carbonyl (C=O) groups is 1. The number of furan rings is 1. The number of hydrogen-bond donors (Lipinski definition) is 2. The second-order valence-corrected chi connectivity index (χ2v) is 3.19. The van der Waals surface area contributed by atoms with Crippen LogP contribution in [0.5, 0.6) is 0 Å². The lowest BCUT2D eigenvalue weighted by molar-refractivity contribution is -0.138. The van der Waals surface area contributed by atoms with Gasteiger partial charge in [0.15, 0.2) is 0 Å². The summed E-state index contributed by atoms with van der Waals surface area (Å²) in [6, 6.07) is 3.35. The van der Waals surface area contributed by atoms with Crippen LogP contribution in [0.1, 0.15) is 11.7 Å². The normalized spacial score (nSPS) is 12.9. The summed E-state index contributed by atoms with van der Waals surface area (Å²) in [5, 5.41) is 9.68. The lowest BCUT2D eigenvalue weighted by Gasteiger charge is -2.04. The van der Waals surface area contributed by atoms with Gasteiger partial charge in [-0.15, -0.1) is 0 Å². The smallest absolute Gasteiger partial charge is 0.315 e. The molecule has 0 aliphatic carbocycles. The Labute approximate surface area is 85.5 Å². The first-order valence-electron chi connectivity index (χ1n) is 4.48. The SMILES string of the molecule is NCC(C(=O)O)c1cc2cnccc2o1. The monoisotopic (exact) mass is 206 g/mol. The second kappa shape index (κ2) is 3.70. The third-order valence-corrected chi connectivity index (χ3v) is 2.21. The van der Waals surface area contributed by atoms with Gasteiger partial charge in [-0.25, -0.2) is 0 Å². The summed E-state index contributed by atoms with van der Waals surface area (Å²) in [5.74, 6) is -1.41. The van der Waals surface area contributed by atoms with Crippen molar-refractivity contribution in [1.29, 1.82) is 0 Å². The molecule has 0 saturated carbocycles. The van der Waals surface area contributed by atoms with E-state index >= 15 is 0 Å². The molecule has 0 amide bonds. The average molecular weight is 206 g/mol. The van der Waals surface area contributed by atoms with Gasteiger partial charge in [0, 0.05) is 24.3 Å². The number of nitrogens with two attached hydrogens (primary N) is 1. The summed E-state index contributed by atoms with van der Waals surface area (Å²) >= 11 is 0. The maximum Gasteiger partial charge on any atom is 0.315 e. The molecule has 5 heteroatoms. The van der Waals surface area contributed by atoms with E-state index in [1.807, 2.05) is 0 Å². The van der Waals surface area contributed by atoms with Gasteiger partial charge in [-0.05, 0) is 12.1 Å². The van der Waals surface area contributed by atoms with Gasteiger partial charge in [-0.1, -0.05) is 0 Å². The molecule has 2 rings (SSSR count). The van der Waals surface area contributed by atoms with Gasteiger partial charge in [0.05, 0.1) is 0 Å². The van der Waals surface area contributed by atoms with Crippen molar-refractivity contribution < 1.29 is 14.3 Å². The van der Waals surface area contributed by atoms with E-state index in [0.717, 1.165) is 5.39 Å². The van der Waals surface area contributed by atoms with Crippen molar-refractivity contribution in [3.8, 4) is 0 Å². The Morgan fingerprint density at radius 3 is 3.07 bits per heavy atom.